The van der Waals surface area contributed by atoms with Crippen LogP contribution in [0.15, 0.2) is 67.3 Å². The van der Waals surface area contributed by atoms with E-state index in [4.69, 9.17) is 34.9 Å². The molecule has 1 aliphatic heterocycles. The fourth-order valence-electron chi connectivity index (χ4n) is 5.19. The predicted molar refractivity (Wildman–Crippen MR) is 190 cm³/mol. The number of pyridine rings is 1. The number of halogens is 1. The summed E-state index contributed by atoms with van der Waals surface area (Å²) in [5.41, 5.74) is 2.63. The van der Waals surface area contributed by atoms with Crippen LogP contribution in [0, 0.1) is 0 Å². The number of anilines is 4. The van der Waals surface area contributed by atoms with Gasteiger partial charge in [0.2, 0.25) is 20.2 Å². The molecule has 0 radical (unpaired) electrons. The molecule has 1 aliphatic rings. The maximum Gasteiger partial charge on any atom is 0.229 e. The van der Waals surface area contributed by atoms with Gasteiger partial charge < -0.3 is 38.8 Å². The number of hydrogen-bond acceptors (Lipinski definition) is 14. The van der Waals surface area contributed by atoms with Crippen LogP contribution in [0.4, 0.5) is 23.1 Å². The molecule has 0 aliphatic carbocycles. The molecule has 1 fully saturated rings. The van der Waals surface area contributed by atoms with E-state index in [0.717, 1.165) is 32.7 Å². The van der Waals surface area contributed by atoms with Crippen LogP contribution in [0.5, 0.6) is 23.1 Å². The lowest BCUT2D eigenvalue weighted by molar-refractivity contribution is 0.132. The predicted octanol–water partition coefficient (Wildman–Crippen LogP) is 5.61. The highest BCUT2D eigenvalue weighted by Gasteiger charge is 2.22. The molecule has 16 heteroatoms. The van der Waals surface area contributed by atoms with E-state index in [1.807, 2.05) is 24.3 Å². The summed E-state index contributed by atoms with van der Waals surface area (Å²) in [6.45, 7) is 5.62. The van der Waals surface area contributed by atoms with Crippen molar-refractivity contribution in [2.45, 2.75) is 0 Å². The minimum atomic E-state index is -1.47. The number of nitrogens with one attached hydrogen (secondary N) is 2. The summed E-state index contributed by atoms with van der Waals surface area (Å²) in [5.74, 6) is 2.83. The Kier molecular flexibility index (Phi) is 11.5. The summed E-state index contributed by atoms with van der Waals surface area (Å²) >= 11 is 6.54. The maximum atomic E-state index is 6.54. The van der Waals surface area contributed by atoms with Crippen molar-refractivity contribution in [3.05, 3.63) is 72.3 Å². The average Bonchev–Trinajstić information content (AvgIpc) is 3.12. The molecule has 256 valence electrons. The summed E-state index contributed by atoms with van der Waals surface area (Å²) in [6, 6.07) is 12.7. The average molecular weight is 706 g/mol. The summed E-state index contributed by atoms with van der Waals surface area (Å²) in [4.78, 5) is 27.0. The van der Waals surface area contributed by atoms with Gasteiger partial charge >= 0.3 is 0 Å². The molecule has 0 amide bonds. The summed E-state index contributed by atoms with van der Waals surface area (Å²) < 4.78 is 29.0. The molecule has 4 heterocycles. The maximum absolute atomic E-state index is 6.54. The molecule has 0 saturated carbocycles. The number of methoxy groups -OCH3 is 1. The minimum Gasteiger partial charge on any atom is -0.494 e. The van der Waals surface area contributed by atoms with Crippen LogP contribution in [0.3, 0.4) is 0 Å². The topological polar surface area (TPSA) is 141 Å². The standard InChI is InChI=1S/C33H37ClN9O5P/c1-42-13-15-43(16-14-42)17-18-47-29-20-23(9-10-36-29)48-22-5-6-25(28(19-22)44-2)40-33-38-21-24(34)32(41-33)39-27-8-7-26-30(37-12-11-35-26)31(27)49(45-3)46-4/h5-12,19-21H,13-18H2,1-4H3,(H2,38,39,40,41). The molecular weight excluding hydrogens is 669 g/mol. The number of ether oxygens (including phenoxy) is 3. The van der Waals surface area contributed by atoms with E-state index in [2.05, 4.69) is 52.4 Å². The van der Waals surface area contributed by atoms with Crippen molar-refractivity contribution in [2.75, 3.05) is 78.3 Å². The minimum absolute atomic E-state index is 0.286. The monoisotopic (exact) mass is 705 g/mol. The molecule has 1 saturated heterocycles. The van der Waals surface area contributed by atoms with Crippen molar-refractivity contribution in [2.24, 2.45) is 0 Å². The van der Waals surface area contributed by atoms with Crippen LogP contribution >= 0.6 is 20.0 Å². The highest BCUT2D eigenvalue weighted by atomic mass is 35.5. The van der Waals surface area contributed by atoms with Crippen molar-refractivity contribution in [1.82, 2.24) is 34.7 Å². The zero-order valence-electron chi connectivity index (χ0n) is 27.6. The van der Waals surface area contributed by atoms with Crippen molar-refractivity contribution >= 4 is 59.5 Å². The van der Waals surface area contributed by atoms with Gasteiger partial charge in [-0.3, -0.25) is 14.9 Å². The number of fused-ring (bicyclic) bond motifs is 1. The van der Waals surface area contributed by atoms with Crippen LogP contribution < -0.4 is 30.1 Å². The second-order valence-corrected chi connectivity index (χ2v) is 13.0. The first kappa shape index (κ1) is 34.4. The SMILES string of the molecule is COc1cc(Oc2ccnc(OCCN3CCN(C)CC3)c2)ccc1Nc1ncc(Cl)c(Nc2ccc3nccnc3c2P(OC)OC)n1. The molecule has 0 spiro atoms. The highest BCUT2D eigenvalue weighted by molar-refractivity contribution is 7.57. The van der Waals surface area contributed by atoms with Crippen LogP contribution in [0.2, 0.25) is 5.02 Å². The van der Waals surface area contributed by atoms with E-state index in [-0.39, 0.29) is 5.95 Å². The van der Waals surface area contributed by atoms with Crippen LogP contribution in [0.25, 0.3) is 11.0 Å². The second-order valence-electron chi connectivity index (χ2n) is 10.9. The molecule has 0 bridgehead atoms. The summed E-state index contributed by atoms with van der Waals surface area (Å²) in [7, 11) is 5.41. The van der Waals surface area contributed by atoms with Gasteiger partial charge in [-0.2, -0.15) is 4.98 Å². The fraction of sp³-hybridized carbons (Fsp3) is 0.303. The van der Waals surface area contributed by atoms with E-state index >= 15 is 0 Å². The van der Waals surface area contributed by atoms with Crippen molar-refractivity contribution in [3.63, 3.8) is 0 Å². The lowest BCUT2D eigenvalue weighted by Gasteiger charge is -2.32. The smallest absolute Gasteiger partial charge is 0.229 e. The van der Waals surface area contributed by atoms with E-state index < -0.39 is 8.38 Å². The molecule has 2 aromatic carbocycles. The quantitative estimate of drug-likeness (QED) is 0.138. The third-order valence-electron chi connectivity index (χ3n) is 7.74. The number of benzene rings is 2. The molecule has 2 N–H and O–H groups in total. The van der Waals surface area contributed by atoms with E-state index in [1.54, 1.807) is 58.1 Å². The Morgan fingerprint density at radius 1 is 0.837 bits per heavy atom. The van der Waals surface area contributed by atoms with Gasteiger partial charge in [0.15, 0.2) is 5.82 Å². The van der Waals surface area contributed by atoms with Gasteiger partial charge in [0.1, 0.15) is 34.4 Å². The first-order chi connectivity index (χ1) is 23.9. The number of piperazine rings is 1. The Bertz CT molecular complexity index is 1880. The van der Waals surface area contributed by atoms with Crippen molar-refractivity contribution < 1.29 is 23.3 Å². The zero-order valence-corrected chi connectivity index (χ0v) is 29.2. The van der Waals surface area contributed by atoms with Crippen LogP contribution in [0.1, 0.15) is 0 Å². The van der Waals surface area contributed by atoms with Gasteiger partial charge in [0.25, 0.3) is 0 Å². The van der Waals surface area contributed by atoms with Gasteiger partial charge in [-0.05, 0) is 37.4 Å². The number of rotatable bonds is 14. The molecule has 14 nitrogen and oxygen atoms in total. The molecule has 49 heavy (non-hydrogen) atoms. The first-order valence-corrected chi connectivity index (χ1v) is 17.0. The lowest BCUT2D eigenvalue weighted by atomic mass is 10.2. The van der Waals surface area contributed by atoms with Gasteiger partial charge in [-0.25, -0.2) is 9.97 Å². The Hall–Kier alpha value is -4.43. The van der Waals surface area contributed by atoms with Crippen LogP contribution in [-0.2, 0) is 9.05 Å². The second kappa shape index (κ2) is 16.3. The number of likely N-dealkylation sites (N-methyl/N-ethyl adjacent to an activating group) is 1. The largest absolute Gasteiger partial charge is 0.494 e. The van der Waals surface area contributed by atoms with E-state index in [9.17, 15) is 0 Å². The molecule has 0 atom stereocenters. The van der Waals surface area contributed by atoms with Crippen LogP contribution in [-0.4, -0.2) is 102 Å². The van der Waals surface area contributed by atoms with Crippen molar-refractivity contribution in [1.29, 1.82) is 0 Å². The van der Waals surface area contributed by atoms with Gasteiger partial charge in [-0.1, -0.05) is 11.6 Å². The Labute approximate surface area is 290 Å². The molecule has 0 unspecified atom stereocenters. The fourth-order valence-corrected chi connectivity index (χ4v) is 6.51. The number of aromatic nitrogens is 5. The number of nitrogens with zero attached hydrogens (tertiary/aromatic N) is 7. The van der Waals surface area contributed by atoms with Crippen molar-refractivity contribution in [3.8, 4) is 23.1 Å². The number of hydrogen-bond donors (Lipinski definition) is 2. The Morgan fingerprint density at radius 2 is 1.61 bits per heavy atom. The zero-order chi connectivity index (χ0) is 34.2. The molecular formula is C33H37ClN9O5P. The molecule has 5 aromatic rings. The highest BCUT2D eigenvalue weighted by Crippen LogP contribution is 2.41. The Balaban J connectivity index is 1.14. The van der Waals surface area contributed by atoms with Gasteiger partial charge in [0, 0.05) is 77.7 Å². The third-order valence-corrected chi connectivity index (χ3v) is 9.50. The normalized spacial score (nSPS) is 13.8. The Morgan fingerprint density at radius 3 is 2.41 bits per heavy atom. The third kappa shape index (κ3) is 8.60. The summed E-state index contributed by atoms with van der Waals surface area (Å²) in [6.07, 6.45) is 6.43. The van der Waals surface area contributed by atoms with Gasteiger partial charge in [-0.15, -0.1) is 0 Å². The molecule has 3 aromatic heterocycles. The summed E-state index contributed by atoms with van der Waals surface area (Å²) in [5, 5.41) is 7.54. The van der Waals surface area contributed by atoms with Gasteiger partial charge in [0.05, 0.1) is 35.5 Å². The van der Waals surface area contributed by atoms with E-state index in [1.165, 1.54) is 6.20 Å². The lowest BCUT2D eigenvalue weighted by Crippen LogP contribution is -2.45. The van der Waals surface area contributed by atoms with E-state index in [0.29, 0.717) is 68.3 Å². The molecule has 6 rings (SSSR count). The first-order valence-electron chi connectivity index (χ1n) is 15.5.